The lowest BCUT2D eigenvalue weighted by Crippen LogP contribution is -2.31. The maximum Gasteiger partial charge on any atom is 0.259 e. The normalized spacial score (nSPS) is 13.5. The average Bonchev–Trinajstić information content (AvgIpc) is 3.09. The van der Waals surface area contributed by atoms with Gasteiger partial charge < -0.3 is 9.15 Å². The monoisotopic (exact) mass is 316 g/mol. The molecule has 0 aliphatic carbocycles. The Kier molecular flexibility index (Phi) is 4.92. The summed E-state index contributed by atoms with van der Waals surface area (Å²) in [6.07, 6.45) is 0.749. The van der Waals surface area contributed by atoms with E-state index >= 15 is 0 Å². The van der Waals surface area contributed by atoms with Crippen molar-refractivity contribution in [3.63, 3.8) is 0 Å². The number of methoxy groups -OCH3 is 1. The smallest absolute Gasteiger partial charge is 0.259 e. The van der Waals surface area contributed by atoms with Crippen LogP contribution in [0.3, 0.4) is 0 Å². The summed E-state index contributed by atoms with van der Waals surface area (Å²) in [4.78, 5) is 3.81. The number of furan rings is 1. The SMILES string of the molecule is CCc1ccc([C@@H](COC)NS(=O)(=O)c2cscn2)o1. The molecule has 6 nitrogen and oxygen atoms in total. The van der Waals surface area contributed by atoms with Crippen LogP contribution in [-0.2, 0) is 21.2 Å². The molecule has 8 heteroatoms. The van der Waals surface area contributed by atoms with E-state index in [2.05, 4.69) is 9.71 Å². The largest absolute Gasteiger partial charge is 0.464 e. The maximum absolute atomic E-state index is 12.2. The number of rotatable bonds is 7. The molecule has 110 valence electrons. The molecule has 2 aromatic rings. The molecule has 0 saturated heterocycles. The third kappa shape index (κ3) is 3.45. The van der Waals surface area contributed by atoms with Crippen LogP contribution in [0.4, 0.5) is 0 Å². The number of hydrogen-bond donors (Lipinski definition) is 1. The number of nitrogens with one attached hydrogen (secondary N) is 1. The molecule has 0 aliphatic rings. The van der Waals surface area contributed by atoms with Crippen LogP contribution in [0.5, 0.6) is 0 Å². The number of ether oxygens (including phenoxy) is 1. The van der Waals surface area contributed by atoms with Crippen LogP contribution in [0, 0.1) is 0 Å². The van der Waals surface area contributed by atoms with Crippen LogP contribution in [0.25, 0.3) is 0 Å². The molecular formula is C12H16N2O4S2. The molecule has 20 heavy (non-hydrogen) atoms. The van der Waals surface area contributed by atoms with E-state index in [1.807, 2.05) is 13.0 Å². The van der Waals surface area contributed by atoms with Crippen LogP contribution in [0.15, 0.2) is 32.5 Å². The third-order valence-electron chi connectivity index (χ3n) is 2.69. The van der Waals surface area contributed by atoms with E-state index in [0.29, 0.717) is 5.76 Å². The maximum atomic E-state index is 12.2. The van der Waals surface area contributed by atoms with Crippen LogP contribution in [-0.4, -0.2) is 27.1 Å². The van der Waals surface area contributed by atoms with E-state index in [9.17, 15) is 8.42 Å². The molecule has 0 fully saturated rings. The molecule has 0 bridgehead atoms. The number of aromatic nitrogens is 1. The zero-order valence-corrected chi connectivity index (χ0v) is 12.8. The molecule has 0 aliphatic heterocycles. The average molecular weight is 316 g/mol. The van der Waals surface area contributed by atoms with Crippen molar-refractivity contribution >= 4 is 21.4 Å². The number of hydrogen-bond acceptors (Lipinski definition) is 6. The number of sulfonamides is 1. The van der Waals surface area contributed by atoms with Gasteiger partial charge in [0.25, 0.3) is 10.0 Å². The van der Waals surface area contributed by atoms with Gasteiger partial charge in [-0.3, -0.25) is 0 Å². The fourth-order valence-corrected chi connectivity index (χ4v) is 3.72. The lowest BCUT2D eigenvalue weighted by Gasteiger charge is -2.15. The van der Waals surface area contributed by atoms with Gasteiger partial charge in [-0.25, -0.2) is 13.4 Å². The van der Waals surface area contributed by atoms with Gasteiger partial charge in [0.05, 0.1) is 12.1 Å². The Bertz CT molecular complexity index is 634. The molecular weight excluding hydrogens is 300 g/mol. The molecule has 1 N–H and O–H groups in total. The minimum Gasteiger partial charge on any atom is -0.464 e. The standard InChI is InChI=1S/C12H16N2O4S2/c1-3-9-4-5-11(18-9)10(6-17-2)14-20(15,16)12-7-19-8-13-12/h4-5,7-8,10,14H,3,6H2,1-2H3/t10-/m1/s1. The van der Waals surface area contributed by atoms with E-state index in [1.165, 1.54) is 29.3 Å². The molecule has 2 heterocycles. The van der Waals surface area contributed by atoms with Gasteiger partial charge in [0, 0.05) is 18.9 Å². The van der Waals surface area contributed by atoms with Crippen molar-refractivity contribution in [2.45, 2.75) is 24.4 Å². The van der Waals surface area contributed by atoms with Gasteiger partial charge in [0.2, 0.25) is 0 Å². The first-order valence-corrected chi connectivity index (χ1v) is 8.47. The highest BCUT2D eigenvalue weighted by Crippen LogP contribution is 2.20. The minimum absolute atomic E-state index is 0.00544. The molecule has 1 atom stereocenters. The Hall–Kier alpha value is -1.22. The molecule has 0 spiro atoms. The lowest BCUT2D eigenvalue weighted by molar-refractivity contribution is 0.165. The van der Waals surface area contributed by atoms with Crippen LogP contribution >= 0.6 is 11.3 Å². The van der Waals surface area contributed by atoms with Crippen molar-refractivity contribution in [3.8, 4) is 0 Å². The first-order valence-electron chi connectivity index (χ1n) is 6.05. The summed E-state index contributed by atoms with van der Waals surface area (Å²) in [5.41, 5.74) is 1.47. The molecule has 0 amide bonds. The van der Waals surface area contributed by atoms with Crippen molar-refractivity contribution < 1.29 is 17.6 Å². The Morgan fingerprint density at radius 3 is 2.85 bits per heavy atom. The second-order valence-electron chi connectivity index (χ2n) is 4.11. The topological polar surface area (TPSA) is 81.4 Å². The second kappa shape index (κ2) is 6.49. The van der Waals surface area contributed by atoms with Gasteiger partial charge >= 0.3 is 0 Å². The van der Waals surface area contributed by atoms with Gasteiger partial charge in [-0.2, -0.15) is 4.72 Å². The van der Waals surface area contributed by atoms with E-state index in [0.717, 1.165) is 12.2 Å². The Morgan fingerprint density at radius 1 is 1.50 bits per heavy atom. The zero-order chi connectivity index (χ0) is 14.6. The summed E-state index contributed by atoms with van der Waals surface area (Å²) in [5.74, 6) is 1.33. The van der Waals surface area contributed by atoms with Crippen molar-refractivity contribution in [2.24, 2.45) is 0 Å². The fourth-order valence-electron chi connectivity index (χ4n) is 1.69. The molecule has 2 rings (SSSR count). The number of aryl methyl sites for hydroxylation is 1. The summed E-state index contributed by atoms with van der Waals surface area (Å²) in [6.45, 7) is 2.15. The van der Waals surface area contributed by atoms with Crippen molar-refractivity contribution in [1.82, 2.24) is 9.71 Å². The molecule has 0 unspecified atom stereocenters. The molecule has 2 aromatic heterocycles. The molecule has 0 saturated carbocycles. The summed E-state index contributed by atoms with van der Waals surface area (Å²) in [5, 5.41) is 1.48. The van der Waals surface area contributed by atoms with Crippen LogP contribution < -0.4 is 4.72 Å². The zero-order valence-electron chi connectivity index (χ0n) is 11.2. The predicted octanol–water partition coefficient (Wildman–Crippen LogP) is 1.96. The van der Waals surface area contributed by atoms with Crippen LogP contribution in [0.1, 0.15) is 24.5 Å². The Balaban J connectivity index is 2.21. The van der Waals surface area contributed by atoms with Gasteiger partial charge in [-0.05, 0) is 12.1 Å². The number of nitrogens with zero attached hydrogens (tertiary/aromatic N) is 1. The first kappa shape index (κ1) is 15.2. The van der Waals surface area contributed by atoms with Gasteiger partial charge in [0.15, 0.2) is 5.03 Å². The molecule has 0 radical (unpaired) electrons. The van der Waals surface area contributed by atoms with E-state index < -0.39 is 16.1 Å². The van der Waals surface area contributed by atoms with Crippen LogP contribution in [0.2, 0.25) is 0 Å². The summed E-state index contributed by atoms with van der Waals surface area (Å²) >= 11 is 1.23. The number of thiazole rings is 1. The van der Waals surface area contributed by atoms with Gasteiger partial charge in [0.1, 0.15) is 17.6 Å². The van der Waals surface area contributed by atoms with E-state index in [-0.39, 0.29) is 11.6 Å². The van der Waals surface area contributed by atoms with Crippen molar-refractivity contribution in [3.05, 3.63) is 34.5 Å². The Labute approximate surface area is 121 Å². The highest BCUT2D eigenvalue weighted by Gasteiger charge is 2.25. The third-order valence-corrected chi connectivity index (χ3v) is 4.79. The van der Waals surface area contributed by atoms with Gasteiger partial charge in [-0.15, -0.1) is 11.3 Å². The van der Waals surface area contributed by atoms with Gasteiger partial charge in [-0.1, -0.05) is 6.92 Å². The lowest BCUT2D eigenvalue weighted by atomic mass is 10.2. The highest BCUT2D eigenvalue weighted by molar-refractivity contribution is 7.89. The summed E-state index contributed by atoms with van der Waals surface area (Å²) in [6, 6.07) is 3.01. The van der Waals surface area contributed by atoms with Crippen molar-refractivity contribution in [1.29, 1.82) is 0 Å². The quantitative estimate of drug-likeness (QED) is 0.844. The predicted molar refractivity (Wildman–Crippen MR) is 75.1 cm³/mol. The minimum atomic E-state index is -3.67. The summed E-state index contributed by atoms with van der Waals surface area (Å²) < 4.78 is 37.5. The fraction of sp³-hybridized carbons (Fsp3) is 0.417. The van der Waals surface area contributed by atoms with E-state index in [4.69, 9.17) is 9.15 Å². The molecule has 0 aromatic carbocycles. The highest BCUT2D eigenvalue weighted by atomic mass is 32.2. The van der Waals surface area contributed by atoms with Crippen molar-refractivity contribution in [2.75, 3.05) is 13.7 Å². The first-order chi connectivity index (χ1) is 9.56. The summed E-state index contributed by atoms with van der Waals surface area (Å²) in [7, 11) is -2.17. The van der Waals surface area contributed by atoms with E-state index in [1.54, 1.807) is 6.07 Å². The Morgan fingerprint density at radius 2 is 2.30 bits per heavy atom. The second-order valence-corrected chi connectivity index (χ2v) is 6.49.